The van der Waals surface area contributed by atoms with E-state index in [0.29, 0.717) is 12.1 Å². The van der Waals surface area contributed by atoms with Crippen molar-refractivity contribution in [1.29, 1.82) is 0 Å². The van der Waals surface area contributed by atoms with Crippen LogP contribution in [0.4, 0.5) is 0 Å². The molecular formula is C11H19N3O. The Labute approximate surface area is 90.4 Å². The third kappa shape index (κ3) is 3.04. The molecule has 2 N–H and O–H groups in total. The number of hydrogen-bond donors (Lipinski definition) is 2. The van der Waals surface area contributed by atoms with Crippen molar-refractivity contribution in [1.82, 2.24) is 15.3 Å². The predicted molar refractivity (Wildman–Crippen MR) is 58.5 cm³/mol. The Kier molecular flexibility index (Phi) is 3.75. The molecule has 0 amide bonds. The molecule has 2 unspecified atom stereocenters. The number of aromatic nitrogens is 2. The Bertz CT molecular complexity index is 273. The van der Waals surface area contributed by atoms with Crippen molar-refractivity contribution in [2.24, 2.45) is 0 Å². The van der Waals surface area contributed by atoms with Gasteiger partial charge in [0.05, 0.1) is 12.6 Å². The molecule has 0 aliphatic carbocycles. The highest BCUT2D eigenvalue weighted by Gasteiger charge is 2.20. The number of rotatable bonds is 4. The fourth-order valence-corrected chi connectivity index (χ4v) is 1.99. The van der Waals surface area contributed by atoms with Crippen molar-refractivity contribution in [2.45, 2.75) is 44.9 Å². The first kappa shape index (κ1) is 10.6. The predicted octanol–water partition coefficient (Wildman–Crippen LogP) is 1.46. The van der Waals surface area contributed by atoms with Crippen LogP contribution in [-0.2, 0) is 11.3 Å². The second-order valence-electron chi connectivity index (χ2n) is 4.04. The Morgan fingerprint density at radius 1 is 1.67 bits per heavy atom. The molecule has 84 valence electrons. The van der Waals surface area contributed by atoms with E-state index in [2.05, 4.69) is 22.2 Å². The molecule has 1 saturated heterocycles. The van der Waals surface area contributed by atoms with Crippen LogP contribution in [0.25, 0.3) is 0 Å². The van der Waals surface area contributed by atoms with Crippen molar-refractivity contribution in [3.8, 4) is 0 Å². The number of hydrogen-bond acceptors (Lipinski definition) is 3. The van der Waals surface area contributed by atoms with E-state index >= 15 is 0 Å². The van der Waals surface area contributed by atoms with Crippen LogP contribution in [0.1, 0.15) is 32.0 Å². The molecule has 1 aromatic rings. The second kappa shape index (κ2) is 5.28. The molecule has 2 heterocycles. The summed E-state index contributed by atoms with van der Waals surface area (Å²) >= 11 is 0. The monoisotopic (exact) mass is 209 g/mol. The lowest BCUT2D eigenvalue weighted by atomic mass is 10.0. The SMILES string of the molecule is CCC1CC(NCc2ncc[nH]2)CCO1. The Morgan fingerprint density at radius 3 is 3.33 bits per heavy atom. The van der Waals surface area contributed by atoms with Gasteiger partial charge in [0.1, 0.15) is 5.82 Å². The van der Waals surface area contributed by atoms with Gasteiger partial charge in [-0.15, -0.1) is 0 Å². The van der Waals surface area contributed by atoms with E-state index in [-0.39, 0.29) is 0 Å². The average Bonchev–Trinajstić information content (AvgIpc) is 2.79. The summed E-state index contributed by atoms with van der Waals surface area (Å²) in [4.78, 5) is 7.29. The highest BCUT2D eigenvalue weighted by Crippen LogP contribution is 2.16. The van der Waals surface area contributed by atoms with Gasteiger partial charge < -0.3 is 15.0 Å². The molecule has 0 aromatic carbocycles. The topological polar surface area (TPSA) is 49.9 Å². The van der Waals surface area contributed by atoms with Gasteiger partial charge >= 0.3 is 0 Å². The van der Waals surface area contributed by atoms with Gasteiger partial charge in [-0.3, -0.25) is 0 Å². The van der Waals surface area contributed by atoms with Gasteiger partial charge in [0.15, 0.2) is 0 Å². The Hall–Kier alpha value is -0.870. The van der Waals surface area contributed by atoms with Crippen molar-refractivity contribution >= 4 is 0 Å². The van der Waals surface area contributed by atoms with Gasteiger partial charge in [-0.25, -0.2) is 4.98 Å². The molecule has 15 heavy (non-hydrogen) atoms. The lowest BCUT2D eigenvalue weighted by Crippen LogP contribution is -2.38. The summed E-state index contributed by atoms with van der Waals surface area (Å²) < 4.78 is 5.63. The molecule has 1 aliphatic heterocycles. The fraction of sp³-hybridized carbons (Fsp3) is 0.727. The van der Waals surface area contributed by atoms with E-state index in [1.54, 1.807) is 6.20 Å². The Morgan fingerprint density at radius 2 is 2.60 bits per heavy atom. The fourth-order valence-electron chi connectivity index (χ4n) is 1.99. The summed E-state index contributed by atoms with van der Waals surface area (Å²) in [5.41, 5.74) is 0. The third-order valence-corrected chi connectivity index (χ3v) is 2.94. The van der Waals surface area contributed by atoms with Crippen LogP contribution >= 0.6 is 0 Å². The average molecular weight is 209 g/mol. The van der Waals surface area contributed by atoms with Gasteiger partial charge in [-0.2, -0.15) is 0 Å². The van der Waals surface area contributed by atoms with Crippen LogP contribution in [0.15, 0.2) is 12.4 Å². The lowest BCUT2D eigenvalue weighted by Gasteiger charge is -2.29. The summed E-state index contributed by atoms with van der Waals surface area (Å²) in [5.74, 6) is 1.01. The molecule has 1 fully saturated rings. The zero-order valence-corrected chi connectivity index (χ0v) is 9.20. The summed E-state index contributed by atoms with van der Waals surface area (Å²) in [6.45, 7) is 3.89. The van der Waals surface area contributed by atoms with Gasteiger partial charge in [0.2, 0.25) is 0 Å². The minimum absolute atomic E-state index is 0.438. The second-order valence-corrected chi connectivity index (χ2v) is 4.04. The number of ether oxygens (including phenoxy) is 1. The largest absolute Gasteiger partial charge is 0.378 e. The third-order valence-electron chi connectivity index (χ3n) is 2.94. The maximum atomic E-state index is 5.63. The minimum atomic E-state index is 0.438. The number of H-pyrrole nitrogens is 1. The van der Waals surface area contributed by atoms with E-state index in [1.807, 2.05) is 6.20 Å². The molecule has 0 saturated carbocycles. The van der Waals surface area contributed by atoms with E-state index in [1.165, 1.54) is 0 Å². The first-order chi connectivity index (χ1) is 7.38. The quantitative estimate of drug-likeness (QED) is 0.789. The molecular weight excluding hydrogens is 190 g/mol. The van der Waals surface area contributed by atoms with Crippen LogP contribution in [0.2, 0.25) is 0 Å². The van der Waals surface area contributed by atoms with E-state index in [9.17, 15) is 0 Å². The number of nitrogens with zero attached hydrogens (tertiary/aromatic N) is 1. The van der Waals surface area contributed by atoms with Gasteiger partial charge in [-0.05, 0) is 19.3 Å². The van der Waals surface area contributed by atoms with Crippen LogP contribution in [0.5, 0.6) is 0 Å². The van der Waals surface area contributed by atoms with Crippen molar-refractivity contribution < 1.29 is 4.74 Å². The summed E-state index contributed by atoms with van der Waals surface area (Å²) in [6, 6.07) is 0.578. The normalized spacial score (nSPS) is 26.7. The molecule has 4 heteroatoms. The molecule has 2 atom stereocenters. The zero-order chi connectivity index (χ0) is 10.5. The molecule has 0 radical (unpaired) electrons. The van der Waals surface area contributed by atoms with Gasteiger partial charge in [0.25, 0.3) is 0 Å². The van der Waals surface area contributed by atoms with Crippen LogP contribution in [0.3, 0.4) is 0 Å². The maximum absolute atomic E-state index is 5.63. The summed E-state index contributed by atoms with van der Waals surface area (Å²) in [7, 11) is 0. The molecule has 4 nitrogen and oxygen atoms in total. The first-order valence-electron chi connectivity index (χ1n) is 5.71. The summed E-state index contributed by atoms with van der Waals surface area (Å²) in [5, 5.41) is 3.51. The van der Waals surface area contributed by atoms with E-state index in [0.717, 1.165) is 38.2 Å². The first-order valence-corrected chi connectivity index (χ1v) is 5.71. The molecule has 1 aliphatic rings. The molecule has 0 spiro atoms. The Balaban J connectivity index is 1.74. The van der Waals surface area contributed by atoms with E-state index in [4.69, 9.17) is 4.74 Å². The standard InChI is InChI=1S/C11H19N3O/c1-2-10-7-9(3-6-15-10)14-8-11-12-4-5-13-11/h4-5,9-10,14H,2-3,6-8H2,1H3,(H,12,13). The summed E-state index contributed by atoms with van der Waals surface area (Å²) in [6.07, 6.45) is 7.42. The lowest BCUT2D eigenvalue weighted by molar-refractivity contribution is -0.000415. The highest BCUT2D eigenvalue weighted by molar-refractivity contribution is 4.87. The van der Waals surface area contributed by atoms with Crippen LogP contribution < -0.4 is 5.32 Å². The van der Waals surface area contributed by atoms with Crippen LogP contribution in [0, 0.1) is 0 Å². The number of nitrogens with one attached hydrogen (secondary N) is 2. The molecule has 1 aromatic heterocycles. The number of aromatic amines is 1. The smallest absolute Gasteiger partial charge is 0.120 e. The molecule has 2 rings (SSSR count). The molecule has 0 bridgehead atoms. The van der Waals surface area contributed by atoms with Crippen molar-refractivity contribution in [2.75, 3.05) is 6.61 Å². The van der Waals surface area contributed by atoms with Crippen LogP contribution in [-0.4, -0.2) is 28.7 Å². The van der Waals surface area contributed by atoms with Gasteiger partial charge in [-0.1, -0.05) is 6.92 Å². The van der Waals surface area contributed by atoms with Crippen molar-refractivity contribution in [3.05, 3.63) is 18.2 Å². The van der Waals surface area contributed by atoms with Crippen molar-refractivity contribution in [3.63, 3.8) is 0 Å². The highest BCUT2D eigenvalue weighted by atomic mass is 16.5. The zero-order valence-electron chi connectivity index (χ0n) is 9.20. The minimum Gasteiger partial charge on any atom is -0.378 e. The van der Waals surface area contributed by atoms with Gasteiger partial charge in [0, 0.05) is 25.0 Å². The maximum Gasteiger partial charge on any atom is 0.120 e. The number of imidazole rings is 1. The van der Waals surface area contributed by atoms with E-state index < -0.39 is 0 Å².